The van der Waals surface area contributed by atoms with E-state index in [1.54, 1.807) is 24.3 Å². The van der Waals surface area contributed by atoms with Gasteiger partial charge in [0.05, 0.1) is 16.6 Å². The van der Waals surface area contributed by atoms with Crippen LogP contribution in [-0.4, -0.2) is 23.3 Å². The van der Waals surface area contributed by atoms with Gasteiger partial charge in [0.2, 0.25) is 0 Å². The van der Waals surface area contributed by atoms with E-state index in [9.17, 15) is 19.7 Å². The molecule has 9 heteroatoms. The fraction of sp³-hybridized carbons (Fsp3) is 0.0556. The molecule has 27 heavy (non-hydrogen) atoms. The van der Waals surface area contributed by atoms with Crippen molar-refractivity contribution >= 4 is 23.6 Å². The zero-order valence-electron chi connectivity index (χ0n) is 13.9. The molecule has 0 saturated carbocycles. The Bertz CT molecular complexity index is 899. The number of hydrazine groups is 1. The highest BCUT2D eigenvalue weighted by Gasteiger charge is 2.05. The number of nitrogens with zero attached hydrogens (tertiary/aromatic N) is 2. The van der Waals surface area contributed by atoms with Crippen LogP contribution >= 0.6 is 0 Å². The quantitative estimate of drug-likeness (QED) is 0.454. The fourth-order valence-corrected chi connectivity index (χ4v) is 1.86. The first-order valence-corrected chi connectivity index (χ1v) is 7.62. The molecule has 2 aromatic rings. The van der Waals surface area contributed by atoms with Gasteiger partial charge in [-0.05, 0) is 48.0 Å². The number of rotatable bonds is 6. The summed E-state index contributed by atoms with van der Waals surface area (Å²) in [7, 11) is 0. The summed E-state index contributed by atoms with van der Waals surface area (Å²) in [5, 5.41) is 19.3. The summed E-state index contributed by atoms with van der Waals surface area (Å²) < 4.78 is 5.21. The van der Waals surface area contributed by atoms with Crippen molar-refractivity contribution in [1.29, 1.82) is 5.26 Å². The number of nitro groups is 1. The van der Waals surface area contributed by atoms with Crippen molar-refractivity contribution in [2.24, 2.45) is 0 Å². The minimum absolute atomic E-state index is 0.0499. The number of carbonyl (C=O) groups is 2. The number of amides is 2. The smallest absolute Gasteiger partial charge is 0.276 e. The number of nitriles is 1. The van der Waals surface area contributed by atoms with Crippen LogP contribution in [0.25, 0.3) is 6.08 Å². The highest BCUT2D eigenvalue weighted by molar-refractivity contribution is 5.93. The molecule has 0 aliphatic carbocycles. The van der Waals surface area contributed by atoms with E-state index in [4.69, 9.17) is 10.00 Å². The number of hydrogen-bond donors (Lipinski definition) is 2. The Morgan fingerprint density at radius 3 is 2.37 bits per heavy atom. The summed E-state index contributed by atoms with van der Waals surface area (Å²) in [5.41, 5.74) is 5.37. The van der Waals surface area contributed by atoms with Gasteiger partial charge in [0.1, 0.15) is 5.75 Å². The molecule has 9 nitrogen and oxygen atoms in total. The number of nitrogens with one attached hydrogen (secondary N) is 2. The molecule has 136 valence electrons. The summed E-state index contributed by atoms with van der Waals surface area (Å²) in [6.45, 7) is -0.321. The molecular formula is C18H14N4O5. The summed E-state index contributed by atoms with van der Waals surface area (Å²) in [6.07, 6.45) is 2.61. The molecule has 0 bridgehead atoms. The number of non-ortho nitro benzene ring substituents is 1. The maximum Gasteiger partial charge on any atom is 0.276 e. The van der Waals surface area contributed by atoms with E-state index in [2.05, 4.69) is 10.9 Å². The Morgan fingerprint density at radius 2 is 1.78 bits per heavy atom. The summed E-state index contributed by atoms with van der Waals surface area (Å²) in [6, 6.07) is 13.8. The molecule has 0 spiro atoms. The van der Waals surface area contributed by atoms with Gasteiger partial charge in [0.15, 0.2) is 6.61 Å². The average molecular weight is 366 g/mol. The second kappa shape index (κ2) is 9.33. The lowest BCUT2D eigenvalue weighted by Gasteiger charge is -2.07. The van der Waals surface area contributed by atoms with Crippen LogP contribution in [-0.2, 0) is 9.59 Å². The molecule has 0 radical (unpaired) electrons. The Labute approximate surface area is 154 Å². The first-order valence-electron chi connectivity index (χ1n) is 7.62. The molecule has 2 N–H and O–H groups in total. The largest absolute Gasteiger partial charge is 0.484 e. The van der Waals surface area contributed by atoms with Crippen LogP contribution in [0.2, 0.25) is 0 Å². The van der Waals surface area contributed by atoms with Gasteiger partial charge >= 0.3 is 0 Å². The van der Waals surface area contributed by atoms with Gasteiger partial charge in [0, 0.05) is 18.2 Å². The third kappa shape index (κ3) is 6.32. The molecule has 0 aromatic heterocycles. The summed E-state index contributed by atoms with van der Waals surface area (Å²) in [4.78, 5) is 33.3. The molecule has 0 aliphatic heterocycles. The minimum atomic E-state index is -0.583. The van der Waals surface area contributed by atoms with Crippen molar-refractivity contribution in [3.05, 3.63) is 75.8 Å². The predicted molar refractivity (Wildman–Crippen MR) is 95.1 cm³/mol. The molecule has 0 heterocycles. The third-order valence-corrected chi connectivity index (χ3v) is 3.21. The Balaban J connectivity index is 1.74. The van der Waals surface area contributed by atoms with Gasteiger partial charge in [-0.25, -0.2) is 0 Å². The van der Waals surface area contributed by atoms with Crippen LogP contribution in [0.3, 0.4) is 0 Å². The maximum atomic E-state index is 11.6. The molecule has 0 saturated heterocycles. The number of nitro benzene ring substituents is 1. The molecule has 0 aliphatic rings. The van der Waals surface area contributed by atoms with Crippen molar-refractivity contribution in [2.45, 2.75) is 0 Å². The summed E-state index contributed by atoms with van der Waals surface area (Å²) in [5.74, 6) is -0.745. The monoisotopic (exact) mass is 366 g/mol. The fourth-order valence-electron chi connectivity index (χ4n) is 1.86. The highest BCUT2D eigenvalue weighted by atomic mass is 16.6. The van der Waals surface area contributed by atoms with Crippen molar-refractivity contribution in [2.75, 3.05) is 6.61 Å². The molecule has 0 unspecified atom stereocenters. The average Bonchev–Trinajstić information content (AvgIpc) is 2.69. The second-order valence-electron chi connectivity index (χ2n) is 5.14. The number of carbonyl (C=O) groups excluding carboxylic acids is 2. The first kappa shape index (κ1) is 19.1. The Kier molecular flexibility index (Phi) is 6.62. The highest BCUT2D eigenvalue weighted by Crippen LogP contribution is 2.13. The van der Waals surface area contributed by atoms with Gasteiger partial charge in [-0.2, -0.15) is 5.26 Å². The van der Waals surface area contributed by atoms with E-state index in [1.165, 1.54) is 36.4 Å². The SMILES string of the molecule is N#Cc1ccc(OCC(=O)NNC(=O)/C=C/c2ccc([N+](=O)[O-])cc2)cc1. The van der Waals surface area contributed by atoms with Crippen molar-refractivity contribution in [3.8, 4) is 11.8 Å². The first-order chi connectivity index (χ1) is 13.0. The second-order valence-corrected chi connectivity index (χ2v) is 5.14. The number of ether oxygens (including phenoxy) is 1. The van der Waals surface area contributed by atoms with Gasteiger partial charge in [-0.3, -0.25) is 30.6 Å². The Hall–Kier alpha value is -4.19. The zero-order valence-corrected chi connectivity index (χ0v) is 13.9. The van der Waals surface area contributed by atoms with E-state index >= 15 is 0 Å². The molecule has 0 fully saturated rings. The lowest BCUT2D eigenvalue weighted by molar-refractivity contribution is -0.384. The van der Waals surface area contributed by atoms with Crippen molar-refractivity contribution in [1.82, 2.24) is 10.9 Å². The van der Waals surface area contributed by atoms with E-state index in [0.29, 0.717) is 16.9 Å². The standard InChI is InChI=1S/C18H14N4O5/c19-11-14-3-8-16(9-4-14)27-12-18(24)21-20-17(23)10-5-13-1-6-15(7-2-13)22(25)26/h1-10H,12H2,(H,20,23)(H,21,24)/b10-5+. The predicted octanol–water partition coefficient (Wildman–Crippen LogP) is 1.71. The maximum absolute atomic E-state index is 11.6. The molecule has 0 atom stereocenters. The van der Waals surface area contributed by atoms with Crippen molar-refractivity contribution < 1.29 is 19.2 Å². The van der Waals surface area contributed by atoms with Gasteiger partial charge in [-0.15, -0.1) is 0 Å². The molecular weight excluding hydrogens is 352 g/mol. The Morgan fingerprint density at radius 1 is 1.11 bits per heavy atom. The van der Waals surface area contributed by atoms with Crippen molar-refractivity contribution in [3.63, 3.8) is 0 Å². The number of hydrogen-bond acceptors (Lipinski definition) is 6. The van der Waals surface area contributed by atoms with Crippen LogP contribution in [0.1, 0.15) is 11.1 Å². The van der Waals surface area contributed by atoms with Crippen LogP contribution < -0.4 is 15.6 Å². The van der Waals surface area contributed by atoms with E-state index < -0.39 is 16.7 Å². The van der Waals surface area contributed by atoms with Gasteiger partial charge in [-0.1, -0.05) is 0 Å². The van der Waals surface area contributed by atoms with Crippen LogP contribution in [0.4, 0.5) is 5.69 Å². The molecule has 2 rings (SSSR count). The van der Waals surface area contributed by atoms with Gasteiger partial charge in [0.25, 0.3) is 17.5 Å². The van der Waals surface area contributed by atoms with Crippen LogP contribution in [0, 0.1) is 21.4 Å². The van der Waals surface area contributed by atoms with E-state index in [-0.39, 0.29) is 12.3 Å². The van der Waals surface area contributed by atoms with Crippen LogP contribution in [0.15, 0.2) is 54.6 Å². The third-order valence-electron chi connectivity index (χ3n) is 3.21. The van der Waals surface area contributed by atoms with E-state index in [0.717, 1.165) is 0 Å². The normalized spacial score (nSPS) is 10.0. The van der Waals surface area contributed by atoms with Gasteiger partial charge < -0.3 is 4.74 Å². The van der Waals surface area contributed by atoms with E-state index in [1.807, 2.05) is 6.07 Å². The summed E-state index contributed by atoms with van der Waals surface area (Å²) >= 11 is 0. The molecule has 2 aromatic carbocycles. The lowest BCUT2D eigenvalue weighted by atomic mass is 10.2. The zero-order chi connectivity index (χ0) is 19.6. The topological polar surface area (TPSA) is 134 Å². The molecule has 2 amide bonds. The number of benzene rings is 2. The lowest BCUT2D eigenvalue weighted by Crippen LogP contribution is -2.43. The minimum Gasteiger partial charge on any atom is -0.484 e. The van der Waals surface area contributed by atoms with Crippen LogP contribution in [0.5, 0.6) is 5.75 Å².